The Bertz CT molecular complexity index is 1040. The third kappa shape index (κ3) is 3.96. The fourth-order valence-corrected chi connectivity index (χ4v) is 2.97. The molecule has 1 N–H and O–H groups in total. The number of carbonyl (C=O) groups is 1. The summed E-state index contributed by atoms with van der Waals surface area (Å²) >= 11 is 0. The Hall–Kier alpha value is -3.66. The van der Waals surface area contributed by atoms with Crippen molar-refractivity contribution in [2.45, 2.75) is 6.42 Å². The van der Waals surface area contributed by atoms with Gasteiger partial charge in [-0.1, -0.05) is 66.7 Å². The second-order valence-corrected chi connectivity index (χ2v) is 6.28. The van der Waals surface area contributed by atoms with Crippen LogP contribution in [0.3, 0.4) is 0 Å². The van der Waals surface area contributed by atoms with Crippen molar-refractivity contribution >= 4 is 11.6 Å². The Labute approximate surface area is 158 Å². The fourth-order valence-electron chi connectivity index (χ4n) is 2.97. The van der Waals surface area contributed by atoms with Crippen LogP contribution in [0.1, 0.15) is 21.5 Å². The van der Waals surface area contributed by atoms with Crippen LogP contribution in [0.25, 0.3) is 5.69 Å². The summed E-state index contributed by atoms with van der Waals surface area (Å²) in [6, 6.07) is 27.8. The molecule has 0 unspecified atom stereocenters. The molecule has 27 heavy (non-hydrogen) atoms. The first kappa shape index (κ1) is 16.8. The van der Waals surface area contributed by atoms with Gasteiger partial charge in [-0.3, -0.25) is 4.79 Å². The molecule has 1 amide bonds. The minimum atomic E-state index is -0.169. The average Bonchev–Trinajstić information content (AvgIpc) is 3.21. The minimum Gasteiger partial charge on any atom is -0.322 e. The monoisotopic (exact) mass is 353 g/mol. The first-order valence-corrected chi connectivity index (χ1v) is 8.83. The highest BCUT2D eigenvalue weighted by atomic mass is 16.1. The van der Waals surface area contributed by atoms with Crippen LogP contribution in [0.4, 0.5) is 5.69 Å². The summed E-state index contributed by atoms with van der Waals surface area (Å²) in [5, 5.41) is 7.31. The van der Waals surface area contributed by atoms with Crippen molar-refractivity contribution in [3.63, 3.8) is 0 Å². The Morgan fingerprint density at radius 3 is 2.30 bits per heavy atom. The van der Waals surface area contributed by atoms with Crippen molar-refractivity contribution in [3.8, 4) is 5.69 Å². The molecule has 4 aromatic rings. The fraction of sp³-hybridized carbons (Fsp3) is 0.0435. The van der Waals surface area contributed by atoms with Crippen molar-refractivity contribution in [1.82, 2.24) is 9.78 Å². The second-order valence-electron chi connectivity index (χ2n) is 6.28. The van der Waals surface area contributed by atoms with E-state index in [0.29, 0.717) is 5.56 Å². The Kier molecular flexibility index (Phi) is 4.79. The van der Waals surface area contributed by atoms with Crippen molar-refractivity contribution in [2.24, 2.45) is 0 Å². The number of nitrogens with zero attached hydrogens (tertiary/aromatic N) is 2. The summed E-state index contributed by atoms with van der Waals surface area (Å²) in [6.45, 7) is 0. The SMILES string of the molecule is O=C(Nc1ccccc1Cc1ccccc1)c1cnn(-c2ccccc2)c1. The largest absolute Gasteiger partial charge is 0.322 e. The maximum atomic E-state index is 12.7. The molecule has 0 atom stereocenters. The zero-order chi connectivity index (χ0) is 18.5. The highest BCUT2D eigenvalue weighted by Gasteiger charge is 2.12. The molecule has 0 bridgehead atoms. The van der Waals surface area contributed by atoms with Gasteiger partial charge in [0.1, 0.15) is 0 Å². The Morgan fingerprint density at radius 1 is 0.852 bits per heavy atom. The van der Waals surface area contributed by atoms with Crippen LogP contribution in [0, 0.1) is 0 Å². The van der Waals surface area contributed by atoms with E-state index < -0.39 is 0 Å². The summed E-state index contributed by atoms with van der Waals surface area (Å²) in [7, 11) is 0. The van der Waals surface area contributed by atoms with Crippen LogP contribution in [0.5, 0.6) is 0 Å². The molecule has 0 spiro atoms. The van der Waals surface area contributed by atoms with E-state index in [1.807, 2.05) is 72.8 Å². The number of amides is 1. The maximum Gasteiger partial charge on any atom is 0.258 e. The van der Waals surface area contributed by atoms with Gasteiger partial charge in [0.25, 0.3) is 5.91 Å². The zero-order valence-corrected chi connectivity index (χ0v) is 14.7. The van der Waals surface area contributed by atoms with Gasteiger partial charge in [0.05, 0.1) is 17.4 Å². The Balaban J connectivity index is 1.53. The van der Waals surface area contributed by atoms with Gasteiger partial charge in [0.2, 0.25) is 0 Å². The molecule has 132 valence electrons. The third-order valence-electron chi connectivity index (χ3n) is 4.37. The van der Waals surface area contributed by atoms with Gasteiger partial charge in [-0.25, -0.2) is 4.68 Å². The van der Waals surface area contributed by atoms with E-state index in [0.717, 1.165) is 23.4 Å². The van der Waals surface area contributed by atoms with Crippen LogP contribution < -0.4 is 5.32 Å². The highest BCUT2D eigenvalue weighted by Crippen LogP contribution is 2.20. The highest BCUT2D eigenvalue weighted by molar-refractivity contribution is 6.04. The van der Waals surface area contributed by atoms with Gasteiger partial charge < -0.3 is 5.32 Å². The first-order chi connectivity index (χ1) is 13.3. The smallest absolute Gasteiger partial charge is 0.258 e. The Morgan fingerprint density at radius 2 is 1.52 bits per heavy atom. The number of hydrogen-bond donors (Lipinski definition) is 1. The molecule has 1 heterocycles. The van der Waals surface area contributed by atoms with E-state index in [9.17, 15) is 4.79 Å². The van der Waals surface area contributed by atoms with Gasteiger partial charge in [-0.2, -0.15) is 5.10 Å². The molecule has 0 saturated carbocycles. The van der Waals surface area contributed by atoms with Gasteiger partial charge in [0.15, 0.2) is 0 Å². The third-order valence-corrected chi connectivity index (χ3v) is 4.37. The van der Waals surface area contributed by atoms with Crippen molar-refractivity contribution < 1.29 is 4.79 Å². The van der Waals surface area contributed by atoms with Gasteiger partial charge in [-0.15, -0.1) is 0 Å². The number of para-hydroxylation sites is 2. The van der Waals surface area contributed by atoms with Gasteiger partial charge >= 0.3 is 0 Å². The van der Waals surface area contributed by atoms with E-state index in [1.54, 1.807) is 17.1 Å². The molecule has 4 heteroatoms. The van der Waals surface area contributed by atoms with Crippen LogP contribution in [0.2, 0.25) is 0 Å². The number of aromatic nitrogens is 2. The van der Waals surface area contributed by atoms with Crippen LogP contribution in [-0.2, 0) is 6.42 Å². The van der Waals surface area contributed by atoms with Gasteiger partial charge in [-0.05, 0) is 35.7 Å². The van der Waals surface area contributed by atoms with Crippen molar-refractivity contribution in [2.75, 3.05) is 5.32 Å². The molecule has 4 rings (SSSR count). The number of rotatable bonds is 5. The van der Waals surface area contributed by atoms with Gasteiger partial charge in [0, 0.05) is 11.9 Å². The lowest BCUT2D eigenvalue weighted by Gasteiger charge is -2.10. The molecular formula is C23H19N3O. The second kappa shape index (κ2) is 7.70. The van der Waals surface area contributed by atoms with E-state index in [1.165, 1.54) is 5.56 Å². The molecule has 0 aliphatic carbocycles. The summed E-state index contributed by atoms with van der Waals surface area (Å²) < 4.78 is 1.70. The number of nitrogens with one attached hydrogen (secondary N) is 1. The number of hydrogen-bond acceptors (Lipinski definition) is 2. The molecular weight excluding hydrogens is 334 g/mol. The lowest BCUT2D eigenvalue weighted by molar-refractivity contribution is 0.102. The standard InChI is InChI=1S/C23H19N3O/c27-23(20-16-24-26(17-20)21-12-5-2-6-13-21)25-22-14-8-7-11-19(22)15-18-9-3-1-4-10-18/h1-14,16-17H,15H2,(H,25,27). The number of benzene rings is 3. The number of carbonyl (C=O) groups excluding carboxylic acids is 1. The van der Waals surface area contributed by atoms with Crippen molar-refractivity contribution in [3.05, 3.63) is 114 Å². The van der Waals surface area contributed by atoms with Crippen LogP contribution >= 0.6 is 0 Å². The van der Waals surface area contributed by atoms with E-state index in [4.69, 9.17) is 0 Å². The average molecular weight is 353 g/mol. The van der Waals surface area contributed by atoms with Crippen LogP contribution in [-0.4, -0.2) is 15.7 Å². The molecule has 3 aromatic carbocycles. The number of anilines is 1. The summed E-state index contributed by atoms with van der Waals surface area (Å²) in [4.78, 5) is 12.7. The molecule has 1 aromatic heterocycles. The summed E-state index contributed by atoms with van der Waals surface area (Å²) in [6.07, 6.45) is 4.09. The summed E-state index contributed by atoms with van der Waals surface area (Å²) in [5.74, 6) is -0.169. The minimum absolute atomic E-state index is 0.169. The van der Waals surface area contributed by atoms with E-state index >= 15 is 0 Å². The normalized spacial score (nSPS) is 10.5. The molecule has 0 saturated heterocycles. The predicted octanol–water partition coefficient (Wildman–Crippen LogP) is 4.72. The van der Waals surface area contributed by atoms with Crippen molar-refractivity contribution in [1.29, 1.82) is 0 Å². The van der Waals surface area contributed by atoms with E-state index in [2.05, 4.69) is 22.5 Å². The molecule has 4 nitrogen and oxygen atoms in total. The lowest BCUT2D eigenvalue weighted by Crippen LogP contribution is -2.12. The van der Waals surface area contributed by atoms with Crippen LogP contribution in [0.15, 0.2) is 97.3 Å². The lowest BCUT2D eigenvalue weighted by atomic mass is 10.0. The maximum absolute atomic E-state index is 12.7. The van der Waals surface area contributed by atoms with E-state index in [-0.39, 0.29) is 5.91 Å². The molecule has 0 fully saturated rings. The molecule has 0 aliphatic heterocycles. The molecule has 0 aliphatic rings. The topological polar surface area (TPSA) is 46.9 Å². The summed E-state index contributed by atoms with van der Waals surface area (Å²) in [5.41, 5.74) is 4.54. The zero-order valence-electron chi connectivity index (χ0n) is 14.7. The molecule has 0 radical (unpaired) electrons. The quantitative estimate of drug-likeness (QED) is 0.564. The predicted molar refractivity (Wildman–Crippen MR) is 107 cm³/mol. The first-order valence-electron chi connectivity index (χ1n) is 8.83.